The average Bonchev–Trinajstić information content (AvgIpc) is 2.69. The molecule has 0 bridgehead atoms. The summed E-state index contributed by atoms with van der Waals surface area (Å²) < 4.78 is 3.03. The van der Waals surface area contributed by atoms with Gasteiger partial charge in [-0.25, -0.2) is 5.43 Å². The van der Waals surface area contributed by atoms with Gasteiger partial charge in [0.1, 0.15) is 0 Å². The molecular weight excluding hydrogens is 315 g/mol. The van der Waals surface area contributed by atoms with E-state index in [-0.39, 0.29) is 6.04 Å². The predicted molar refractivity (Wildman–Crippen MR) is 71.5 cm³/mol. The Bertz CT molecular complexity index is 463. The average molecular weight is 328 g/mol. The molecule has 4 nitrogen and oxygen atoms in total. The van der Waals surface area contributed by atoms with Crippen molar-refractivity contribution in [3.8, 4) is 0 Å². The number of benzene rings is 1. The summed E-state index contributed by atoms with van der Waals surface area (Å²) in [7, 11) is 1.91. The van der Waals surface area contributed by atoms with E-state index in [0.717, 1.165) is 11.3 Å². The zero-order valence-electron chi connectivity index (χ0n) is 8.89. The topological polar surface area (TPSA) is 55.9 Å². The Hall–Kier alpha value is -0.920. The second-order valence-electron chi connectivity index (χ2n) is 3.53. The highest BCUT2D eigenvalue weighted by atomic mass is 127. The van der Waals surface area contributed by atoms with Crippen LogP contribution in [0.5, 0.6) is 0 Å². The van der Waals surface area contributed by atoms with Crippen molar-refractivity contribution in [1.29, 1.82) is 0 Å². The zero-order valence-corrected chi connectivity index (χ0v) is 11.0. The lowest BCUT2D eigenvalue weighted by Gasteiger charge is -2.16. The third-order valence-corrected chi connectivity index (χ3v) is 3.24. The van der Waals surface area contributed by atoms with Crippen molar-refractivity contribution >= 4 is 22.6 Å². The molecule has 1 atom stereocenters. The van der Waals surface area contributed by atoms with Gasteiger partial charge in [-0.3, -0.25) is 10.5 Å². The summed E-state index contributed by atoms with van der Waals surface area (Å²) in [5, 5.41) is 4.15. The maximum absolute atomic E-state index is 5.61. The molecule has 0 saturated carbocycles. The highest BCUT2D eigenvalue weighted by Gasteiger charge is 2.15. The fraction of sp³-hybridized carbons (Fsp3) is 0.182. The van der Waals surface area contributed by atoms with Gasteiger partial charge >= 0.3 is 0 Å². The first-order chi connectivity index (χ1) is 7.72. The minimum Gasteiger partial charge on any atom is -0.271 e. The van der Waals surface area contributed by atoms with Crippen molar-refractivity contribution in [2.75, 3.05) is 0 Å². The summed E-state index contributed by atoms with van der Waals surface area (Å²) in [5.74, 6) is 5.61. The lowest BCUT2D eigenvalue weighted by Crippen LogP contribution is -2.30. The van der Waals surface area contributed by atoms with E-state index < -0.39 is 0 Å². The van der Waals surface area contributed by atoms with Crippen LogP contribution in [0, 0.1) is 3.57 Å². The molecule has 0 aliphatic rings. The number of aromatic nitrogens is 2. The van der Waals surface area contributed by atoms with Crippen LogP contribution in [0.1, 0.15) is 17.3 Å². The standard InChI is InChI=1S/C11H13IN4/c1-16-10(6-7-14-16)11(15-13)8-2-4-9(12)5-3-8/h2-7,11,15H,13H2,1H3. The van der Waals surface area contributed by atoms with Gasteiger partial charge in [-0.05, 0) is 46.4 Å². The number of hydrogen-bond donors (Lipinski definition) is 2. The minimum atomic E-state index is -0.0236. The van der Waals surface area contributed by atoms with Gasteiger partial charge in [0.2, 0.25) is 0 Å². The Morgan fingerprint density at radius 3 is 2.50 bits per heavy atom. The van der Waals surface area contributed by atoms with Crippen LogP contribution in [0.4, 0.5) is 0 Å². The molecule has 0 fully saturated rings. The van der Waals surface area contributed by atoms with Crippen LogP contribution in [0.3, 0.4) is 0 Å². The maximum Gasteiger partial charge on any atom is 0.0878 e. The molecule has 2 rings (SSSR count). The fourth-order valence-corrected chi connectivity index (χ4v) is 2.03. The van der Waals surface area contributed by atoms with Gasteiger partial charge in [0.25, 0.3) is 0 Å². The Kier molecular flexibility index (Phi) is 3.57. The van der Waals surface area contributed by atoms with E-state index in [9.17, 15) is 0 Å². The Balaban J connectivity index is 2.37. The number of nitrogens with zero attached hydrogens (tertiary/aromatic N) is 2. The SMILES string of the molecule is Cn1nccc1C(NN)c1ccc(I)cc1. The maximum atomic E-state index is 5.61. The number of rotatable bonds is 3. The van der Waals surface area contributed by atoms with E-state index in [1.165, 1.54) is 3.57 Å². The lowest BCUT2D eigenvalue weighted by molar-refractivity contribution is 0.575. The summed E-state index contributed by atoms with van der Waals surface area (Å²) in [6.45, 7) is 0. The molecule has 0 aliphatic carbocycles. The third kappa shape index (κ3) is 2.26. The van der Waals surface area contributed by atoms with Crippen molar-refractivity contribution in [1.82, 2.24) is 15.2 Å². The number of hydrogen-bond acceptors (Lipinski definition) is 3. The molecule has 1 heterocycles. The number of halogens is 1. The number of nitrogens with two attached hydrogens (primary N) is 1. The molecule has 16 heavy (non-hydrogen) atoms. The molecule has 0 amide bonds. The summed E-state index contributed by atoms with van der Waals surface area (Å²) in [4.78, 5) is 0. The molecule has 0 radical (unpaired) electrons. The van der Waals surface area contributed by atoms with Crippen LogP contribution < -0.4 is 11.3 Å². The third-order valence-electron chi connectivity index (χ3n) is 2.52. The fourth-order valence-electron chi connectivity index (χ4n) is 1.67. The first-order valence-electron chi connectivity index (χ1n) is 4.92. The van der Waals surface area contributed by atoms with Gasteiger partial charge in [0.15, 0.2) is 0 Å². The van der Waals surface area contributed by atoms with Crippen molar-refractivity contribution < 1.29 is 0 Å². The van der Waals surface area contributed by atoms with Gasteiger partial charge in [0, 0.05) is 16.8 Å². The predicted octanol–water partition coefficient (Wildman–Crippen LogP) is 1.58. The Morgan fingerprint density at radius 1 is 1.31 bits per heavy atom. The van der Waals surface area contributed by atoms with Crippen molar-refractivity contribution in [3.05, 3.63) is 51.4 Å². The highest BCUT2D eigenvalue weighted by molar-refractivity contribution is 14.1. The second-order valence-corrected chi connectivity index (χ2v) is 4.78. The van der Waals surface area contributed by atoms with E-state index in [2.05, 4.69) is 57.4 Å². The van der Waals surface area contributed by atoms with Crippen LogP contribution in [-0.2, 0) is 7.05 Å². The highest BCUT2D eigenvalue weighted by Crippen LogP contribution is 2.21. The minimum absolute atomic E-state index is 0.0236. The normalized spacial score (nSPS) is 12.7. The molecule has 3 N–H and O–H groups in total. The largest absolute Gasteiger partial charge is 0.271 e. The molecule has 84 valence electrons. The molecule has 0 aliphatic heterocycles. The van der Waals surface area contributed by atoms with E-state index in [0.29, 0.717) is 0 Å². The van der Waals surface area contributed by atoms with Crippen LogP contribution in [0.15, 0.2) is 36.5 Å². The summed E-state index contributed by atoms with van der Waals surface area (Å²) in [6.07, 6.45) is 1.77. The summed E-state index contributed by atoms with van der Waals surface area (Å²) in [6, 6.07) is 10.2. The van der Waals surface area contributed by atoms with Gasteiger partial charge in [0.05, 0.1) is 11.7 Å². The lowest BCUT2D eigenvalue weighted by atomic mass is 10.0. The second kappa shape index (κ2) is 4.94. The monoisotopic (exact) mass is 328 g/mol. The van der Waals surface area contributed by atoms with E-state index in [1.807, 2.05) is 17.8 Å². The molecular formula is C11H13IN4. The van der Waals surface area contributed by atoms with Gasteiger partial charge in [-0.2, -0.15) is 5.10 Å². The molecule has 0 spiro atoms. The van der Waals surface area contributed by atoms with E-state index in [1.54, 1.807) is 6.20 Å². The summed E-state index contributed by atoms with van der Waals surface area (Å²) >= 11 is 2.28. The van der Waals surface area contributed by atoms with Crippen LogP contribution >= 0.6 is 22.6 Å². The van der Waals surface area contributed by atoms with E-state index >= 15 is 0 Å². The quantitative estimate of drug-likeness (QED) is 0.511. The first-order valence-corrected chi connectivity index (χ1v) is 5.99. The van der Waals surface area contributed by atoms with Crippen molar-refractivity contribution in [2.45, 2.75) is 6.04 Å². The molecule has 2 aromatic rings. The van der Waals surface area contributed by atoms with Crippen molar-refractivity contribution in [2.24, 2.45) is 12.9 Å². The van der Waals surface area contributed by atoms with Gasteiger partial charge in [-0.15, -0.1) is 0 Å². The van der Waals surface area contributed by atoms with Crippen LogP contribution in [0.25, 0.3) is 0 Å². The molecule has 1 aromatic heterocycles. The van der Waals surface area contributed by atoms with Crippen LogP contribution in [0.2, 0.25) is 0 Å². The number of aryl methyl sites for hydroxylation is 1. The molecule has 5 heteroatoms. The molecule has 1 unspecified atom stereocenters. The molecule has 1 aromatic carbocycles. The summed E-state index contributed by atoms with van der Waals surface area (Å²) in [5.41, 5.74) is 4.99. The smallest absolute Gasteiger partial charge is 0.0878 e. The van der Waals surface area contributed by atoms with Gasteiger partial charge in [-0.1, -0.05) is 12.1 Å². The number of hydrazine groups is 1. The first kappa shape index (κ1) is 11.6. The Labute approximate surface area is 108 Å². The molecule has 0 saturated heterocycles. The van der Waals surface area contributed by atoms with Crippen molar-refractivity contribution in [3.63, 3.8) is 0 Å². The Morgan fingerprint density at radius 2 is 2.00 bits per heavy atom. The number of nitrogens with one attached hydrogen (secondary N) is 1. The van der Waals surface area contributed by atoms with E-state index in [4.69, 9.17) is 5.84 Å². The van der Waals surface area contributed by atoms with Gasteiger partial charge < -0.3 is 0 Å². The van der Waals surface area contributed by atoms with Crippen LogP contribution in [-0.4, -0.2) is 9.78 Å². The zero-order chi connectivity index (χ0) is 11.5.